The molecule has 8 heteroatoms. The Balaban J connectivity index is 1.07. The third-order valence-corrected chi connectivity index (χ3v) is 6.71. The molecule has 5 rings (SSSR count). The van der Waals surface area contributed by atoms with Crippen LogP contribution in [0.25, 0.3) is 10.9 Å². The van der Waals surface area contributed by atoms with Crippen molar-refractivity contribution in [2.24, 2.45) is 0 Å². The summed E-state index contributed by atoms with van der Waals surface area (Å²) in [7, 11) is 0. The van der Waals surface area contributed by atoms with Crippen LogP contribution in [0.3, 0.4) is 0 Å². The largest absolute Gasteiger partial charge is 0.352 e. The van der Waals surface area contributed by atoms with Crippen LogP contribution in [0, 0.1) is 0 Å². The minimum Gasteiger partial charge on any atom is -0.352 e. The lowest BCUT2D eigenvalue weighted by Crippen LogP contribution is -2.52. The van der Waals surface area contributed by atoms with Gasteiger partial charge in [0.05, 0.1) is 19.8 Å². The molecule has 1 aromatic heterocycles. The zero-order valence-electron chi connectivity index (χ0n) is 17.8. The van der Waals surface area contributed by atoms with Crippen LogP contribution in [0.5, 0.6) is 0 Å². The molecular formula is C23H30N4O4. The van der Waals surface area contributed by atoms with E-state index in [1.165, 1.54) is 0 Å². The smallest absolute Gasteiger partial charge is 0.270 e. The lowest BCUT2D eigenvalue weighted by atomic mass is 9.90. The van der Waals surface area contributed by atoms with E-state index in [9.17, 15) is 9.59 Å². The second-order valence-corrected chi connectivity index (χ2v) is 8.79. The summed E-state index contributed by atoms with van der Waals surface area (Å²) in [5, 5.41) is 4.21. The first-order valence-electron chi connectivity index (χ1n) is 11.3. The predicted octanol–water partition coefficient (Wildman–Crippen LogP) is 1.73. The number of aromatic amines is 1. The normalized spacial score (nSPS) is 22.3. The number of nitrogens with zero attached hydrogens (tertiary/aromatic N) is 2. The van der Waals surface area contributed by atoms with Crippen molar-refractivity contribution in [3.8, 4) is 0 Å². The van der Waals surface area contributed by atoms with Gasteiger partial charge in [-0.1, -0.05) is 18.2 Å². The summed E-state index contributed by atoms with van der Waals surface area (Å²) >= 11 is 0. The molecule has 2 N–H and O–H groups in total. The molecule has 0 radical (unpaired) electrons. The molecule has 3 aliphatic rings. The number of hydrogen-bond acceptors (Lipinski definition) is 5. The number of rotatable bonds is 4. The Labute approximate surface area is 181 Å². The predicted molar refractivity (Wildman–Crippen MR) is 116 cm³/mol. The zero-order valence-corrected chi connectivity index (χ0v) is 17.8. The van der Waals surface area contributed by atoms with Gasteiger partial charge in [-0.25, -0.2) is 0 Å². The Hall–Kier alpha value is -2.42. The van der Waals surface area contributed by atoms with E-state index < -0.39 is 5.79 Å². The van der Waals surface area contributed by atoms with Crippen LogP contribution in [0.15, 0.2) is 30.3 Å². The molecule has 0 bridgehead atoms. The molecule has 1 aromatic carbocycles. The van der Waals surface area contributed by atoms with Gasteiger partial charge in [0.2, 0.25) is 5.91 Å². The molecule has 0 unspecified atom stereocenters. The van der Waals surface area contributed by atoms with Gasteiger partial charge in [0.1, 0.15) is 5.69 Å². The number of amides is 2. The fourth-order valence-corrected chi connectivity index (χ4v) is 4.93. The molecule has 2 aliphatic heterocycles. The van der Waals surface area contributed by atoms with E-state index in [1.54, 1.807) is 0 Å². The highest BCUT2D eigenvalue weighted by Gasteiger charge is 2.40. The quantitative estimate of drug-likeness (QED) is 0.778. The molecule has 3 fully saturated rings. The number of piperazine rings is 1. The van der Waals surface area contributed by atoms with Crippen LogP contribution < -0.4 is 5.32 Å². The Morgan fingerprint density at radius 2 is 1.77 bits per heavy atom. The number of H-pyrrole nitrogens is 1. The fourth-order valence-electron chi connectivity index (χ4n) is 4.93. The van der Waals surface area contributed by atoms with Gasteiger partial charge in [-0.2, -0.15) is 0 Å². The molecule has 2 amide bonds. The summed E-state index contributed by atoms with van der Waals surface area (Å²) in [5.41, 5.74) is 1.60. The highest BCUT2D eigenvalue weighted by Crippen LogP contribution is 2.35. The van der Waals surface area contributed by atoms with Crippen LogP contribution >= 0.6 is 0 Å². The Morgan fingerprint density at radius 3 is 2.48 bits per heavy atom. The number of hydrogen-bond donors (Lipinski definition) is 2. The Kier molecular flexibility index (Phi) is 5.69. The van der Waals surface area contributed by atoms with E-state index >= 15 is 0 Å². The summed E-state index contributed by atoms with van der Waals surface area (Å²) in [6, 6.07) is 10.00. The monoisotopic (exact) mass is 426 g/mol. The third kappa shape index (κ3) is 4.46. The minimum atomic E-state index is -0.394. The maximum absolute atomic E-state index is 12.8. The number of para-hydroxylation sites is 1. The minimum absolute atomic E-state index is 0.0211. The number of benzene rings is 1. The van der Waals surface area contributed by atoms with Crippen LogP contribution in [0.4, 0.5) is 0 Å². The molecule has 1 saturated carbocycles. The number of nitrogens with one attached hydrogen (secondary N) is 2. The van der Waals surface area contributed by atoms with Gasteiger partial charge in [0.15, 0.2) is 5.79 Å². The van der Waals surface area contributed by atoms with Gasteiger partial charge < -0.3 is 24.7 Å². The van der Waals surface area contributed by atoms with Crippen molar-refractivity contribution in [3.05, 3.63) is 36.0 Å². The average molecular weight is 427 g/mol. The number of ether oxygens (including phenoxy) is 2. The van der Waals surface area contributed by atoms with E-state index in [0.29, 0.717) is 51.6 Å². The number of carbonyl (C=O) groups is 2. The molecule has 1 aliphatic carbocycles. The molecule has 166 valence electrons. The van der Waals surface area contributed by atoms with Crippen molar-refractivity contribution < 1.29 is 19.1 Å². The first kappa shape index (κ1) is 20.5. The van der Waals surface area contributed by atoms with E-state index in [4.69, 9.17) is 9.47 Å². The van der Waals surface area contributed by atoms with Gasteiger partial charge in [0.25, 0.3) is 5.91 Å². The topological polar surface area (TPSA) is 86.9 Å². The van der Waals surface area contributed by atoms with Crippen molar-refractivity contribution in [3.63, 3.8) is 0 Å². The molecule has 0 atom stereocenters. The van der Waals surface area contributed by atoms with Gasteiger partial charge in [0, 0.05) is 56.0 Å². The van der Waals surface area contributed by atoms with Gasteiger partial charge >= 0.3 is 0 Å². The van der Waals surface area contributed by atoms with Crippen molar-refractivity contribution in [2.75, 3.05) is 45.9 Å². The third-order valence-electron chi connectivity index (χ3n) is 6.71. The zero-order chi connectivity index (χ0) is 21.3. The lowest BCUT2D eigenvalue weighted by Gasteiger charge is -2.36. The summed E-state index contributed by atoms with van der Waals surface area (Å²) in [5.74, 6) is -0.313. The van der Waals surface area contributed by atoms with Gasteiger partial charge in [-0.3, -0.25) is 14.5 Å². The SMILES string of the molecule is O=C(CN1CCN(C(=O)c2cc3ccccc3[nH]2)CC1)NC1CCC2(CC1)OCCO2. The second kappa shape index (κ2) is 8.61. The Morgan fingerprint density at radius 1 is 1.06 bits per heavy atom. The van der Waals surface area contributed by atoms with Crippen molar-refractivity contribution in [1.29, 1.82) is 0 Å². The van der Waals surface area contributed by atoms with E-state index in [-0.39, 0.29) is 17.9 Å². The first-order valence-corrected chi connectivity index (χ1v) is 11.3. The molecule has 3 heterocycles. The maximum Gasteiger partial charge on any atom is 0.270 e. The van der Waals surface area contributed by atoms with Crippen LogP contribution in [-0.4, -0.2) is 84.4 Å². The lowest BCUT2D eigenvalue weighted by molar-refractivity contribution is -0.180. The van der Waals surface area contributed by atoms with E-state index in [0.717, 1.165) is 36.6 Å². The van der Waals surface area contributed by atoms with E-state index in [2.05, 4.69) is 15.2 Å². The van der Waals surface area contributed by atoms with Crippen molar-refractivity contribution in [1.82, 2.24) is 20.1 Å². The highest BCUT2D eigenvalue weighted by molar-refractivity contribution is 5.98. The van der Waals surface area contributed by atoms with Crippen molar-refractivity contribution >= 4 is 22.7 Å². The molecule has 1 spiro atoms. The summed E-state index contributed by atoms with van der Waals surface area (Å²) in [6.07, 6.45) is 3.45. The summed E-state index contributed by atoms with van der Waals surface area (Å²) in [4.78, 5) is 32.6. The average Bonchev–Trinajstić information content (AvgIpc) is 3.43. The molecule has 2 aromatic rings. The van der Waals surface area contributed by atoms with Crippen LogP contribution in [-0.2, 0) is 14.3 Å². The second-order valence-electron chi connectivity index (χ2n) is 8.79. The number of fused-ring (bicyclic) bond motifs is 1. The summed E-state index contributed by atoms with van der Waals surface area (Å²) in [6.45, 7) is 4.38. The number of carbonyl (C=O) groups excluding carboxylic acids is 2. The maximum atomic E-state index is 12.8. The number of aromatic nitrogens is 1. The standard InChI is InChI=1S/C23H30N4O4/c28-21(24-18-5-7-23(8-6-18)30-13-14-31-23)16-26-9-11-27(12-10-26)22(29)20-15-17-3-1-2-4-19(17)25-20/h1-4,15,18,25H,5-14,16H2,(H,24,28). The molecule has 31 heavy (non-hydrogen) atoms. The van der Waals surface area contributed by atoms with Crippen LogP contribution in [0.2, 0.25) is 0 Å². The fraction of sp³-hybridized carbons (Fsp3) is 0.565. The molecule has 8 nitrogen and oxygen atoms in total. The van der Waals surface area contributed by atoms with Crippen LogP contribution in [0.1, 0.15) is 36.2 Å². The first-order chi connectivity index (χ1) is 15.1. The van der Waals surface area contributed by atoms with Gasteiger partial charge in [-0.05, 0) is 25.0 Å². The molecular weight excluding hydrogens is 396 g/mol. The van der Waals surface area contributed by atoms with E-state index in [1.807, 2.05) is 35.2 Å². The summed E-state index contributed by atoms with van der Waals surface area (Å²) < 4.78 is 11.5. The Bertz CT molecular complexity index is 901. The highest BCUT2D eigenvalue weighted by atomic mass is 16.7. The molecule has 2 saturated heterocycles. The van der Waals surface area contributed by atoms with Crippen molar-refractivity contribution in [2.45, 2.75) is 37.5 Å². The van der Waals surface area contributed by atoms with Gasteiger partial charge in [-0.15, -0.1) is 0 Å².